The Morgan fingerprint density at radius 2 is 2.20 bits per heavy atom. The Morgan fingerprint density at radius 3 is 2.95 bits per heavy atom. The van der Waals surface area contributed by atoms with E-state index in [0.29, 0.717) is 16.8 Å². The van der Waals surface area contributed by atoms with Crippen LogP contribution in [0.2, 0.25) is 5.02 Å². The second-order valence-corrected chi connectivity index (χ2v) is 6.22. The van der Waals surface area contributed by atoms with Crippen molar-refractivity contribution in [3.05, 3.63) is 33.6 Å². The van der Waals surface area contributed by atoms with Gasteiger partial charge in [-0.1, -0.05) is 11.6 Å². The van der Waals surface area contributed by atoms with Gasteiger partial charge in [-0.25, -0.2) is 0 Å². The smallest absolute Gasteiger partial charge is 0.247 e. The molecule has 4 nitrogen and oxygen atoms in total. The van der Waals surface area contributed by atoms with E-state index in [1.165, 1.54) is 12.8 Å². The molecule has 1 aliphatic carbocycles. The van der Waals surface area contributed by atoms with Crippen LogP contribution in [-0.2, 0) is 6.42 Å². The van der Waals surface area contributed by atoms with E-state index in [-0.39, 0.29) is 0 Å². The fraction of sp³-hybridized carbons (Fsp3) is 0.429. The molecule has 0 aliphatic heterocycles. The van der Waals surface area contributed by atoms with Gasteiger partial charge in [0.05, 0.1) is 5.02 Å². The van der Waals surface area contributed by atoms with Crippen LogP contribution in [0.25, 0.3) is 11.5 Å². The molecule has 0 saturated heterocycles. The number of aryl methyl sites for hydroxylation is 1. The fourth-order valence-corrected chi connectivity index (χ4v) is 2.43. The zero-order chi connectivity index (χ0) is 13.9. The molecule has 0 atom stereocenters. The Morgan fingerprint density at radius 1 is 1.35 bits per heavy atom. The Hall–Kier alpha value is -0.910. The molecular formula is C14H15BrClN3O. The fourth-order valence-electron chi connectivity index (χ4n) is 1.93. The molecule has 0 bridgehead atoms. The summed E-state index contributed by atoms with van der Waals surface area (Å²) in [7, 11) is 0. The minimum absolute atomic E-state index is 0.535. The molecule has 106 valence electrons. The van der Waals surface area contributed by atoms with Crippen LogP contribution in [0.4, 0.5) is 0 Å². The molecule has 1 aromatic carbocycles. The highest BCUT2D eigenvalue weighted by Crippen LogP contribution is 2.28. The summed E-state index contributed by atoms with van der Waals surface area (Å²) in [5.41, 5.74) is 0.871. The first kappa shape index (κ1) is 14.0. The average molecular weight is 357 g/mol. The lowest BCUT2D eigenvalue weighted by atomic mass is 10.2. The van der Waals surface area contributed by atoms with Gasteiger partial charge in [0.15, 0.2) is 0 Å². The minimum atomic E-state index is 0.535. The van der Waals surface area contributed by atoms with Crippen LogP contribution in [0.3, 0.4) is 0 Å². The third kappa shape index (κ3) is 3.59. The SMILES string of the molecule is Clc1ccc(-c2nnc(CCCNC3CC3)o2)cc1Br. The van der Waals surface area contributed by atoms with Gasteiger partial charge in [0, 0.05) is 22.5 Å². The first-order valence-corrected chi connectivity index (χ1v) is 7.90. The maximum Gasteiger partial charge on any atom is 0.247 e. The molecule has 20 heavy (non-hydrogen) atoms. The molecule has 1 fully saturated rings. The molecule has 0 amide bonds. The van der Waals surface area contributed by atoms with Crippen molar-refractivity contribution in [2.45, 2.75) is 31.7 Å². The molecule has 1 aliphatic rings. The second-order valence-electron chi connectivity index (χ2n) is 4.96. The Kier molecular flexibility index (Phi) is 4.38. The summed E-state index contributed by atoms with van der Waals surface area (Å²) in [6.07, 6.45) is 4.45. The number of nitrogens with zero attached hydrogens (tertiary/aromatic N) is 2. The lowest BCUT2D eigenvalue weighted by Gasteiger charge is -2.00. The normalized spacial score (nSPS) is 14.7. The molecule has 0 unspecified atom stereocenters. The van der Waals surface area contributed by atoms with Crippen molar-refractivity contribution in [3.8, 4) is 11.5 Å². The molecule has 6 heteroatoms. The number of aromatic nitrogens is 2. The first-order chi connectivity index (χ1) is 9.72. The van der Waals surface area contributed by atoms with E-state index in [1.807, 2.05) is 18.2 Å². The van der Waals surface area contributed by atoms with E-state index >= 15 is 0 Å². The predicted molar refractivity (Wildman–Crippen MR) is 81.8 cm³/mol. The quantitative estimate of drug-likeness (QED) is 0.799. The zero-order valence-corrected chi connectivity index (χ0v) is 13.2. The van der Waals surface area contributed by atoms with Crippen molar-refractivity contribution in [2.24, 2.45) is 0 Å². The van der Waals surface area contributed by atoms with Crippen molar-refractivity contribution < 1.29 is 4.42 Å². The van der Waals surface area contributed by atoms with Gasteiger partial charge in [0.2, 0.25) is 11.8 Å². The molecule has 3 rings (SSSR count). The number of rotatable bonds is 6. The maximum absolute atomic E-state index is 5.97. The third-order valence-electron chi connectivity index (χ3n) is 3.21. The number of halogens is 2. The van der Waals surface area contributed by atoms with Crippen molar-refractivity contribution in [2.75, 3.05) is 6.54 Å². The highest BCUT2D eigenvalue weighted by Gasteiger charge is 2.19. The van der Waals surface area contributed by atoms with Gasteiger partial charge in [-0.05, 0) is 59.9 Å². The minimum Gasteiger partial charge on any atom is -0.421 e. The number of nitrogens with one attached hydrogen (secondary N) is 1. The summed E-state index contributed by atoms with van der Waals surface area (Å²) in [4.78, 5) is 0. The van der Waals surface area contributed by atoms with E-state index in [1.54, 1.807) is 0 Å². The summed E-state index contributed by atoms with van der Waals surface area (Å²) in [6.45, 7) is 1.01. The monoisotopic (exact) mass is 355 g/mol. The molecule has 1 N–H and O–H groups in total. The summed E-state index contributed by atoms with van der Waals surface area (Å²) in [6, 6.07) is 6.32. The molecular weight excluding hydrogens is 342 g/mol. The van der Waals surface area contributed by atoms with E-state index in [2.05, 4.69) is 31.4 Å². The number of benzene rings is 1. The molecule has 1 aromatic heterocycles. The highest BCUT2D eigenvalue weighted by atomic mass is 79.9. The third-order valence-corrected chi connectivity index (χ3v) is 4.43. The molecule has 1 saturated carbocycles. The highest BCUT2D eigenvalue weighted by molar-refractivity contribution is 9.10. The molecule has 1 heterocycles. The van der Waals surface area contributed by atoms with Crippen LogP contribution in [0.5, 0.6) is 0 Å². The Balaban J connectivity index is 1.58. The van der Waals surface area contributed by atoms with Crippen molar-refractivity contribution in [1.82, 2.24) is 15.5 Å². The van der Waals surface area contributed by atoms with E-state index < -0.39 is 0 Å². The number of hydrogen-bond donors (Lipinski definition) is 1. The standard InChI is InChI=1S/C14H15BrClN3O/c15-11-8-9(3-6-12(11)16)14-19-18-13(20-14)2-1-7-17-10-4-5-10/h3,6,8,10,17H,1-2,4-5,7H2. The first-order valence-electron chi connectivity index (χ1n) is 6.73. The van der Waals surface area contributed by atoms with Crippen LogP contribution >= 0.6 is 27.5 Å². The van der Waals surface area contributed by atoms with Gasteiger partial charge < -0.3 is 9.73 Å². The van der Waals surface area contributed by atoms with Crippen molar-refractivity contribution in [1.29, 1.82) is 0 Å². The van der Waals surface area contributed by atoms with E-state index in [9.17, 15) is 0 Å². The summed E-state index contributed by atoms with van der Waals surface area (Å²) < 4.78 is 6.50. The summed E-state index contributed by atoms with van der Waals surface area (Å²) in [5, 5.41) is 12.3. The van der Waals surface area contributed by atoms with Gasteiger partial charge in [-0.3, -0.25) is 0 Å². The summed E-state index contributed by atoms with van der Waals surface area (Å²) >= 11 is 9.36. The lowest BCUT2D eigenvalue weighted by Crippen LogP contribution is -2.17. The predicted octanol–water partition coefficient (Wildman–Crippen LogP) is 3.84. The largest absolute Gasteiger partial charge is 0.421 e. The van der Waals surface area contributed by atoms with E-state index in [4.69, 9.17) is 16.0 Å². The van der Waals surface area contributed by atoms with Crippen LogP contribution in [0, 0.1) is 0 Å². The van der Waals surface area contributed by atoms with Gasteiger partial charge in [0.1, 0.15) is 0 Å². The summed E-state index contributed by atoms with van der Waals surface area (Å²) in [5.74, 6) is 1.22. The van der Waals surface area contributed by atoms with Crippen molar-refractivity contribution in [3.63, 3.8) is 0 Å². The number of hydrogen-bond acceptors (Lipinski definition) is 4. The van der Waals surface area contributed by atoms with Crippen LogP contribution in [0.15, 0.2) is 27.1 Å². The zero-order valence-electron chi connectivity index (χ0n) is 10.9. The maximum atomic E-state index is 5.97. The van der Waals surface area contributed by atoms with E-state index in [0.717, 1.165) is 35.5 Å². The average Bonchev–Trinajstić information content (AvgIpc) is 3.15. The molecule has 2 aromatic rings. The lowest BCUT2D eigenvalue weighted by molar-refractivity contribution is 0.491. The Bertz CT molecular complexity index is 598. The van der Waals surface area contributed by atoms with Gasteiger partial charge in [-0.2, -0.15) is 0 Å². The molecule has 0 radical (unpaired) electrons. The topological polar surface area (TPSA) is 51.0 Å². The van der Waals surface area contributed by atoms with Gasteiger partial charge >= 0.3 is 0 Å². The van der Waals surface area contributed by atoms with Crippen LogP contribution in [0.1, 0.15) is 25.2 Å². The second kappa shape index (κ2) is 6.24. The van der Waals surface area contributed by atoms with Crippen LogP contribution < -0.4 is 5.32 Å². The Labute approximate surface area is 131 Å². The van der Waals surface area contributed by atoms with Crippen molar-refractivity contribution >= 4 is 27.5 Å². The van der Waals surface area contributed by atoms with Crippen LogP contribution in [-0.4, -0.2) is 22.8 Å². The van der Waals surface area contributed by atoms with Gasteiger partial charge in [0.25, 0.3) is 0 Å². The van der Waals surface area contributed by atoms with Gasteiger partial charge in [-0.15, -0.1) is 10.2 Å². The molecule has 0 spiro atoms.